The summed E-state index contributed by atoms with van der Waals surface area (Å²) in [5.74, 6) is -1.01. The van der Waals surface area contributed by atoms with Crippen molar-refractivity contribution < 1.29 is 9.90 Å². The van der Waals surface area contributed by atoms with Crippen molar-refractivity contribution in [2.24, 2.45) is 0 Å². The van der Waals surface area contributed by atoms with Gasteiger partial charge in [-0.15, -0.1) is 0 Å². The Balaban J connectivity index is 2.46. The minimum absolute atomic E-state index is 0.0199. The minimum atomic E-state index is -1.01. The Bertz CT molecular complexity index is 972. The Morgan fingerprint density at radius 2 is 1.72 bits per heavy atom. The summed E-state index contributed by atoms with van der Waals surface area (Å²) < 4.78 is 0. The highest BCUT2D eigenvalue weighted by Gasteiger charge is 2.32. The number of nitriles is 2. The molecule has 2 aromatic carbocycles. The van der Waals surface area contributed by atoms with Crippen molar-refractivity contribution >= 4 is 11.5 Å². The van der Waals surface area contributed by atoms with Gasteiger partial charge in [-0.1, -0.05) is 43.7 Å². The minimum Gasteiger partial charge on any atom is -0.478 e. The number of hydrogen-bond donors (Lipinski definition) is 1. The molecule has 1 aliphatic carbocycles. The summed E-state index contributed by atoms with van der Waals surface area (Å²) in [6.07, 6.45) is 2.74. The van der Waals surface area contributed by atoms with E-state index in [4.69, 9.17) is 0 Å². The molecule has 0 heterocycles. The van der Waals surface area contributed by atoms with E-state index in [1.165, 1.54) is 0 Å². The molecule has 0 fully saturated rings. The number of carbonyl (C=O) groups is 1. The van der Waals surface area contributed by atoms with Crippen LogP contribution in [0.2, 0.25) is 0 Å². The fourth-order valence-electron chi connectivity index (χ4n) is 3.42. The van der Waals surface area contributed by atoms with Crippen LogP contribution in [0, 0.1) is 22.7 Å². The Morgan fingerprint density at radius 3 is 2.32 bits per heavy atom. The van der Waals surface area contributed by atoms with E-state index in [0.717, 1.165) is 41.5 Å². The SMILES string of the molecule is CCCCc1ccc(C(=O)O)c2c1C(=C(C#N)C#N)c1ccccc1-2. The number of nitrogens with zero attached hydrogens (tertiary/aromatic N) is 2. The molecule has 1 aliphatic rings. The van der Waals surface area contributed by atoms with E-state index >= 15 is 0 Å². The number of aryl methyl sites for hydroxylation is 1. The first-order valence-corrected chi connectivity index (χ1v) is 8.17. The molecule has 3 rings (SSSR count). The lowest BCUT2D eigenvalue weighted by atomic mass is 9.90. The number of hydrogen-bond acceptors (Lipinski definition) is 3. The predicted octanol–water partition coefficient (Wildman–Crippen LogP) is 4.56. The fraction of sp³-hybridized carbons (Fsp3) is 0.190. The van der Waals surface area contributed by atoms with E-state index in [1.807, 2.05) is 42.5 Å². The van der Waals surface area contributed by atoms with Gasteiger partial charge in [0.15, 0.2) is 0 Å². The van der Waals surface area contributed by atoms with Gasteiger partial charge in [-0.3, -0.25) is 0 Å². The average molecular weight is 328 g/mol. The van der Waals surface area contributed by atoms with Crippen molar-refractivity contribution in [3.8, 4) is 23.3 Å². The standard InChI is InChI=1S/C21H16N2O2/c1-2-3-6-13-9-10-17(21(24)25)20-16-8-5-4-7-15(16)18(19(13)20)14(11-22)12-23/h4-5,7-10H,2-3,6H2,1H3,(H,24,25). The van der Waals surface area contributed by atoms with Gasteiger partial charge in [0, 0.05) is 11.1 Å². The first-order valence-electron chi connectivity index (χ1n) is 8.17. The van der Waals surface area contributed by atoms with Crippen molar-refractivity contribution in [2.75, 3.05) is 0 Å². The smallest absolute Gasteiger partial charge is 0.336 e. The zero-order chi connectivity index (χ0) is 18.0. The van der Waals surface area contributed by atoms with Gasteiger partial charge in [0.2, 0.25) is 0 Å². The molecular formula is C21H16N2O2. The van der Waals surface area contributed by atoms with Gasteiger partial charge in [0.25, 0.3) is 0 Å². The zero-order valence-electron chi connectivity index (χ0n) is 13.8. The second kappa shape index (κ2) is 6.63. The maximum atomic E-state index is 11.8. The molecule has 0 saturated heterocycles. The predicted molar refractivity (Wildman–Crippen MR) is 94.7 cm³/mol. The molecule has 2 aromatic rings. The fourth-order valence-corrected chi connectivity index (χ4v) is 3.42. The Hall–Kier alpha value is -3.37. The van der Waals surface area contributed by atoms with Crippen LogP contribution in [0.4, 0.5) is 0 Å². The molecule has 25 heavy (non-hydrogen) atoms. The molecule has 0 radical (unpaired) electrons. The van der Waals surface area contributed by atoms with E-state index in [2.05, 4.69) is 6.92 Å². The third-order valence-corrected chi connectivity index (χ3v) is 4.51. The van der Waals surface area contributed by atoms with Crippen LogP contribution in [0.3, 0.4) is 0 Å². The summed E-state index contributed by atoms with van der Waals surface area (Å²) in [7, 11) is 0. The molecule has 4 heteroatoms. The molecule has 0 unspecified atom stereocenters. The summed E-state index contributed by atoms with van der Waals surface area (Å²) in [5.41, 5.74) is 4.64. The number of aromatic carboxylic acids is 1. The third-order valence-electron chi connectivity index (χ3n) is 4.51. The maximum absolute atomic E-state index is 11.8. The quantitative estimate of drug-likeness (QED) is 0.712. The van der Waals surface area contributed by atoms with Crippen LogP contribution in [0.1, 0.15) is 46.8 Å². The molecule has 0 amide bonds. The Morgan fingerprint density at radius 1 is 1.04 bits per heavy atom. The first kappa shape index (κ1) is 16.5. The van der Waals surface area contributed by atoms with E-state index in [9.17, 15) is 20.4 Å². The first-order chi connectivity index (χ1) is 12.1. The second-order valence-corrected chi connectivity index (χ2v) is 5.95. The van der Waals surface area contributed by atoms with Gasteiger partial charge in [0.1, 0.15) is 17.7 Å². The topological polar surface area (TPSA) is 84.9 Å². The van der Waals surface area contributed by atoms with Crippen LogP contribution >= 0.6 is 0 Å². The molecule has 0 bridgehead atoms. The molecule has 0 aliphatic heterocycles. The van der Waals surface area contributed by atoms with Crippen LogP contribution < -0.4 is 0 Å². The Labute approximate surface area is 146 Å². The van der Waals surface area contributed by atoms with Crippen molar-refractivity contribution in [3.05, 3.63) is 64.2 Å². The lowest BCUT2D eigenvalue weighted by Gasteiger charge is -2.12. The average Bonchev–Trinajstić information content (AvgIpc) is 2.97. The van der Waals surface area contributed by atoms with Crippen molar-refractivity contribution in [2.45, 2.75) is 26.2 Å². The number of carboxylic acid groups (broad SMARTS) is 1. The van der Waals surface area contributed by atoms with E-state index in [1.54, 1.807) is 6.07 Å². The summed E-state index contributed by atoms with van der Waals surface area (Å²) >= 11 is 0. The van der Waals surface area contributed by atoms with Gasteiger partial charge in [0.05, 0.1) is 5.56 Å². The monoisotopic (exact) mass is 328 g/mol. The van der Waals surface area contributed by atoms with Gasteiger partial charge in [-0.2, -0.15) is 10.5 Å². The van der Waals surface area contributed by atoms with Crippen molar-refractivity contribution in [1.29, 1.82) is 10.5 Å². The second-order valence-electron chi connectivity index (χ2n) is 5.95. The van der Waals surface area contributed by atoms with E-state index in [0.29, 0.717) is 11.1 Å². The number of fused-ring (bicyclic) bond motifs is 3. The summed E-state index contributed by atoms with van der Waals surface area (Å²) in [5, 5.41) is 28.5. The van der Waals surface area contributed by atoms with Crippen LogP contribution in [-0.2, 0) is 6.42 Å². The molecule has 0 spiro atoms. The molecule has 122 valence electrons. The highest BCUT2D eigenvalue weighted by atomic mass is 16.4. The highest BCUT2D eigenvalue weighted by molar-refractivity contribution is 6.11. The molecule has 0 saturated carbocycles. The van der Waals surface area contributed by atoms with Gasteiger partial charge >= 0.3 is 5.97 Å². The number of carboxylic acids is 1. The van der Waals surface area contributed by atoms with Crippen LogP contribution in [0.25, 0.3) is 16.7 Å². The lowest BCUT2D eigenvalue weighted by Crippen LogP contribution is -2.03. The van der Waals surface area contributed by atoms with E-state index < -0.39 is 5.97 Å². The molecule has 4 nitrogen and oxygen atoms in total. The lowest BCUT2D eigenvalue weighted by molar-refractivity contribution is 0.0697. The number of allylic oxidation sites excluding steroid dienone is 1. The van der Waals surface area contributed by atoms with Gasteiger partial charge in [-0.25, -0.2) is 4.79 Å². The number of rotatable bonds is 4. The zero-order valence-corrected chi connectivity index (χ0v) is 13.8. The number of unbranched alkanes of at least 4 members (excludes halogenated alkanes) is 1. The maximum Gasteiger partial charge on any atom is 0.336 e. The Kier molecular flexibility index (Phi) is 4.37. The molecule has 0 atom stereocenters. The van der Waals surface area contributed by atoms with Crippen LogP contribution in [-0.4, -0.2) is 11.1 Å². The van der Waals surface area contributed by atoms with Gasteiger partial charge < -0.3 is 5.11 Å². The third kappa shape index (κ3) is 2.58. The molecular weight excluding hydrogens is 312 g/mol. The van der Waals surface area contributed by atoms with Crippen molar-refractivity contribution in [1.82, 2.24) is 0 Å². The largest absolute Gasteiger partial charge is 0.478 e. The van der Waals surface area contributed by atoms with Gasteiger partial charge in [-0.05, 0) is 41.2 Å². The normalized spacial score (nSPS) is 11.2. The number of benzene rings is 2. The van der Waals surface area contributed by atoms with Crippen LogP contribution in [0.15, 0.2) is 42.0 Å². The van der Waals surface area contributed by atoms with E-state index in [-0.39, 0.29) is 11.1 Å². The molecule has 0 aromatic heterocycles. The summed E-state index contributed by atoms with van der Waals surface area (Å²) in [4.78, 5) is 11.8. The summed E-state index contributed by atoms with van der Waals surface area (Å²) in [6.45, 7) is 2.09. The van der Waals surface area contributed by atoms with Crippen LogP contribution in [0.5, 0.6) is 0 Å². The highest BCUT2D eigenvalue weighted by Crippen LogP contribution is 2.48. The summed E-state index contributed by atoms with van der Waals surface area (Å²) in [6, 6.07) is 14.8. The molecule has 1 N–H and O–H groups in total. The van der Waals surface area contributed by atoms with Crippen molar-refractivity contribution in [3.63, 3.8) is 0 Å².